The molecule has 1 rings (SSSR count). The van der Waals surface area contributed by atoms with Crippen molar-refractivity contribution in [3.8, 4) is 5.75 Å². The summed E-state index contributed by atoms with van der Waals surface area (Å²) in [5, 5.41) is 3.00. The van der Waals surface area contributed by atoms with Gasteiger partial charge in [-0.3, -0.25) is 0 Å². The summed E-state index contributed by atoms with van der Waals surface area (Å²) < 4.78 is 49.6. The second-order valence-electron chi connectivity index (χ2n) is 4.30. The van der Waals surface area contributed by atoms with E-state index < -0.39 is 11.7 Å². The van der Waals surface area contributed by atoms with Crippen molar-refractivity contribution in [2.45, 2.75) is 12.7 Å². The third-order valence-corrected chi connectivity index (χ3v) is 2.77. The van der Waals surface area contributed by atoms with E-state index in [0.29, 0.717) is 29.7 Å². The Bertz CT molecular complexity index is 478. The van der Waals surface area contributed by atoms with Gasteiger partial charge in [0.1, 0.15) is 12.4 Å². The first-order chi connectivity index (χ1) is 9.84. The lowest BCUT2D eigenvalue weighted by Gasteiger charge is -2.15. The third kappa shape index (κ3) is 6.50. The molecule has 0 aliphatic carbocycles. The normalized spacial score (nSPS) is 11.5. The first-order valence-corrected chi connectivity index (χ1v) is 6.99. The van der Waals surface area contributed by atoms with Crippen LogP contribution in [-0.4, -0.2) is 26.9 Å². The van der Waals surface area contributed by atoms with Crippen LogP contribution in [0, 0.1) is 0 Å². The molecule has 0 spiro atoms. The maximum atomic E-state index is 13.0. The summed E-state index contributed by atoms with van der Waals surface area (Å²) in [6.07, 6.45) is -4.47. The van der Waals surface area contributed by atoms with Gasteiger partial charge in [0, 0.05) is 24.7 Å². The zero-order valence-electron chi connectivity index (χ0n) is 11.6. The zero-order valence-corrected chi connectivity index (χ0v) is 13.2. The number of benzene rings is 1. The number of alkyl halides is 3. The van der Waals surface area contributed by atoms with Crippen LogP contribution in [0.25, 0.3) is 0 Å². The molecular formula is C14H17BrF3NO2. The highest BCUT2D eigenvalue weighted by Gasteiger charge is 2.34. The molecule has 0 aromatic heterocycles. The van der Waals surface area contributed by atoms with E-state index in [4.69, 9.17) is 9.47 Å². The quantitative estimate of drug-likeness (QED) is 0.710. The smallest absolute Gasteiger partial charge is 0.419 e. The van der Waals surface area contributed by atoms with Crippen LogP contribution >= 0.6 is 15.9 Å². The van der Waals surface area contributed by atoms with Crippen molar-refractivity contribution in [2.24, 2.45) is 0 Å². The minimum Gasteiger partial charge on any atom is -0.488 e. The van der Waals surface area contributed by atoms with Gasteiger partial charge in [0.15, 0.2) is 0 Å². The average Bonchev–Trinajstić information content (AvgIpc) is 2.41. The molecule has 1 N–H and O–H groups in total. The Morgan fingerprint density at radius 1 is 1.38 bits per heavy atom. The number of hydrogen-bond donors (Lipinski definition) is 1. The standard InChI is InChI=1S/C14H17BrF3NO2/c1-10(15)9-21-13-4-3-11(8-19-5-6-20-2)7-12(13)14(16,17)18/h3-4,7,19H,1,5-6,8-9H2,2H3. The van der Waals surface area contributed by atoms with Crippen LogP contribution < -0.4 is 10.1 Å². The molecule has 0 atom stereocenters. The summed E-state index contributed by atoms with van der Waals surface area (Å²) in [7, 11) is 1.56. The molecule has 0 fully saturated rings. The minimum atomic E-state index is -4.47. The molecule has 7 heteroatoms. The number of halogens is 4. The lowest BCUT2D eigenvalue weighted by molar-refractivity contribution is -0.138. The molecule has 1 aromatic carbocycles. The van der Waals surface area contributed by atoms with E-state index in [9.17, 15) is 13.2 Å². The Morgan fingerprint density at radius 2 is 2.10 bits per heavy atom. The molecule has 1 aromatic rings. The Balaban J connectivity index is 2.83. The van der Waals surface area contributed by atoms with E-state index in [2.05, 4.69) is 27.8 Å². The van der Waals surface area contributed by atoms with Crippen LogP contribution in [0.2, 0.25) is 0 Å². The van der Waals surface area contributed by atoms with E-state index in [-0.39, 0.29) is 12.4 Å². The molecule has 0 bridgehead atoms. The van der Waals surface area contributed by atoms with Gasteiger partial charge in [-0.1, -0.05) is 28.6 Å². The van der Waals surface area contributed by atoms with Crippen LogP contribution in [0.3, 0.4) is 0 Å². The van der Waals surface area contributed by atoms with Crippen molar-refractivity contribution in [1.82, 2.24) is 5.32 Å². The number of rotatable bonds is 8. The van der Waals surface area contributed by atoms with E-state index in [1.807, 2.05) is 0 Å². The highest BCUT2D eigenvalue weighted by atomic mass is 79.9. The third-order valence-electron chi connectivity index (χ3n) is 2.55. The second-order valence-corrected chi connectivity index (χ2v) is 5.43. The van der Waals surface area contributed by atoms with Gasteiger partial charge >= 0.3 is 6.18 Å². The van der Waals surface area contributed by atoms with Crippen molar-refractivity contribution >= 4 is 15.9 Å². The van der Waals surface area contributed by atoms with Gasteiger partial charge in [-0.15, -0.1) is 0 Å². The largest absolute Gasteiger partial charge is 0.488 e. The van der Waals surface area contributed by atoms with E-state index in [1.165, 1.54) is 6.07 Å². The van der Waals surface area contributed by atoms with Gasteiger partial charge in [-0.05, 0) is 17.7 Å². The highest BCUT2D eigenvalue weighted by Crippen LogP contribution is 2.37. The summed E-state index contributed by atoms with van der Waals surface area (Å²) in [5.41, 5.74) is -0.259. The lowest BCUT2D eigenvalue weighted by atomic mass is 10.1. The Kier molecular flexibility index (Phi) is 7.21. The van der Waals surface area contributed by atoms with Crippen LogP contribution in [0.15, 0.2) is 29.3 Å². The molecule has 0 aliphatic rings. The SMILES string of the molecule is C=C(Br)COc1ccc(CNCCOC)cc1C(F)(F)F. The van der Waals surface area contributed by atoms with Gasteiger partial charge < -0.3 is 14.8 Å². The summed E-state index contributed by atoms with van der Waals surface area (Å²) in [4.78, 5) is 0. The first-order valence-electron chi connectivity index (χ1n) is 6.20. The predicted molar refractivity (Wildman–Crippen MR) is 78.6 cm³/mol. The number of nitrogens with one attached hydrogen (secondary N) is 1. The molecule has 0 radical (unpaired) electrons. The summed E-state index contributed by atoms with van der Waals surface area (Å²) >= 11 is 3.05. The fraction of sp³-hybridized carbons (Fsp3) is 0.429. The fourth-order valence-electron chi connectivity index (χ4n) is 1.60. The topological polar surface area (TPSA) is 30.5 Å². The van der Waals surface area contributed by atoms with Crippen LogP contribution in [0.5, 0.6) is 5.75 Å². The summed E-state index contributed by atoms with van der Waals surface area (Å²) in [5.74, 6) is -0.205. The lowest BCUT2D eigenvalue weighted by Crippen LogP contribution is -2.19. The van der Waals surface area contributed by atoms with Crippen LogP contribution in [-0.2, 0) is 17.5 Å². The molecule has 0 unspecified atom stereocenters. The zero-order chi connectivity index (χ0) is 15.9. The first kappa shape index (κ1) is 18.0. The summed E-state index contributed by atoms with van der Waals surface area (Å²) in [6.45, 7) is 4.91. The predicted octanol–water partition coefficient (Wildman–Crippen LogP) is 3.73. The molecule has 0 heterocycles. The molecular weight excluding hydrogens is 351 g/mol. The van der Waals surface area contributed by atoms with Crippen molar-refractivity contribution in [1.29, 1.82) is 0 Å². The average molecular weight is 368 g/mol. The minimum absolute atomic E-state index is 0.0193. The monoisotopic (exact) mass is 367 g/mol. The maximum absolute atomic E-state index is 13.0. The molecule has 0 saturated carbocycles. The molecule has 3 nitrogen and oxygen atoms in total. The number of hydrogen-bond acceptors (Lipinski definition) is 3. The van der Waals surface area contributed by atoms with Gasteiger partial charge in [0.25, 0.3) is 0 Å². The van der Waals surface area contributed by atoms with Gasteiger partial charge in [-0.25, -0.2) is 0 Å². The van der Waals surface area contributed by atoms with Gasteiger partial charge in [0.05, 0.1) is 12.2 Å². The number of methoxy groups -OCH3 is 1. The van der Waals surface area contributed by atoms with Gasteiger partial charge in [-0.2, -0.15) is 13.2 Å². The second kappa shape index (κ2) is 8.41. The summed E-state index contributed by atoms with van der Waals surface area (Å²) in [6, 6.07) is 4.01. The Hall–Kier alpha value is -1.05. The van der Waals surface area contributed by atoms with Gasteiger partial charge in [0.2, 0.25) is 0 Å². The van der Waals surface area contributed by atoms with Crippen molar-refractivity contribution in [2.75, 3.05) is 26.9 Å². The molecule has 0 saturated heterocycles. The highest BCUT2D eigenvalue weighted by molar-refractivity contribution is 9.11. The maximum Gasteiger partial charge on any atom is 0.419 e. The number of ether oxygens (including phenoxy) is 2. The molecule has 118 valence electrons. The van der Waals surface area contributed by atoms with E-state index in [1.54, 1.807) is 13.2 Å². The Labute approximate surface area is 130 Å². The van der Waals surface area contributed by atoms with Crippen molar-refractivity contribution in [3.63, 3.8) is 0 Å². The molecule has 21 heavy (non-hydrogen) atoms. The van der Waals surface area contributed by atoms with Crippen molar-refractivity contribution in [3.05, 3.63) is 40.4 Å². The van der Waals surface area contributed by atoms with Crippen molar-refractivity contribution < 1.29 is 22.6 Å². The van der Waals surface area contributed by atoms with Crippen LogP contribution in [0.1, 0.15) is 11.1 Å². The van der Waals surface area contributed by atoms with Crippen LogP contribution in [0.4, 0.5) is 13.2 Å². The van der Waals surface area contributed by atoms with E-state index in [0.717, 1.165) is 6.07 Å². The Morgan fingerprint density at radius 3 is 2.67 bits per heavy atom. The molecule has 0 amide bonds. The molecule has 0 aliphatic heterocycles. The van der Waals surface area contributed by atoms with E-state index >= 15 is 0 Å². The fourth-order valence-corrected chi connectivity index (χ4v) is 1.71.